The Morgan fingerprint density at radius 3 is 2.12 bits per heavy atom. The molecule has 7 nitrogen and oxygen atoms in total. The number of nitrogens with one attached hydrogen (secondary N) is 1. The van der Waals surface area contributed by atoms with Crippen LogP contribution in [-0.2, 0) is 14.4 Å². The first-order valence-electron chi connectivity index (χ1n) is 11.1. The van der Waals surface area contributed by atoms with Gasteiger partial charge < -0.3 is 20.9 Å². The third kappa shape index (κ3) is 5.16. The molecule has 0 saturated carbocycles. The van der Waals surface area contributed by atoms with Crippen LogP contribution in [0.3, 0.4) is 0 Å². The molecule has 2 fully saturated rings. The van der Waals surface area contributed by atoms with Crippen LogP contribution in [0.5, 0.6) is 0 Å². The summed E-state index contributed by atoms with van der Waals surface area (Å²) < 4.78 is 0. The highest BCUT2D eigenvalue weighted by Crippen LogP contribution is 2.33. The number of nitrogens with zero attached hydrogens (tertiary/aromatic N) is 2. The SMILES string of the molecule is NC(=O)C(=O)N[C@H](C(=O)N1CC2CN(CC[CH]c3ccccc3)CC2C1)c1ccccc1. The van der Waals surface area contributed by atoms with Gasteiger partial charge in [0.15, 0.2) is 0 Å². The molecule has 1 radical (unpaired) electrons. The van der Waals surface area contributed by atoms with Crippen LogP contribution in [0.25, 0.3) is 0 Å². The number of likely N-dealkylation sites (tertiary alicyclic amines) is 2. The number of nitrogens with two attached hydrogens (primary N) is 1. The van der Waals surface area contributed by atoms with Gasteiger partial charge in [0, 0.05) is 26.2 Å². The molecule has 2 saturated heterocycles. The van der Waals surface area contributed by atoms with Gasteiger partial charge in [0.1, 0.15) is 6.04 Å². The van der Waals surface area contributed by atoms with Crippen molar-refractivity contribution >= 4 is 17.7 Å². The van der Waals surface area contributed by atoms with Crippen molar-refractivity contribution in [3.05, 3.63) is 78.2 Å². The van der Waals surface area contributed by atoms with Crippen molar-refractivity contribution in [3.8, 4) is 0 Å². The van der Waals surface area contributed by atoms with Crippen molar-refractivity contribution in [1.82, 2.24) is 15.1 Å². The summed E-state index contributed by atoms with van der Waals surface area (Å²) in [7, 11) is 0. The molecule has 167 valence electrons. The van der Waals surface area contributed by atoms with Crippen molar-refractivity contribution in [1.29, 1.82) is 0 Å². The average molecular weight is 434 g/mol. The fraction of sp³-hybridized carbons (Fsp3) is 0.360. The van der Waals surface area contributed by atoms with E-state index in [1.54, 1.807) is 24.3 Å². The summed E-state index contributed by atoms with van der Waals surface area (Å²) in [6.07, 6.45) is 3.26. The summed E-state index contributed by atoms with van der Waals surface area (Å²) in [5.41, 5.74) is 6.98. The number of hydrogen-bond donors (Lipinski definition) is 2. The quantitative estimate of drug-likeness (QED) is 0.645. The van der Waals surface area contributed by atoms with E-state index in [-0.39, 0.29) is 5.91 Å². The number of hydrogen-bond acceptors (Lipinski definition) is 4. The Kier molecular flexibility index (Phi) is 6.85. The molecule has 0 spiro atoms. The molecule has 0 aromatic heterocycles. The van der Waals surface area contributed by atoms with Crippen molar-refractivity contribution in [2.45, 2.75) is 12.5 Å². The van der Waals surface area contributed by atoms with Crippen molar-refractivity contribution in [2.75, 3.05) is 32.7 Å². The van der Waals surface area contributed by atoms with Gasteiger partial charge in [-0.05, 0) is 42.3 Å². The second-order valence-electron chi connectivity index (χ2n) is 8.61. The molecule has 32 heavy (non-hydrogen) atoms. The highest BCUT2D eigenvalue weighted by molar-refractivity contribution is 6.34. The highest BCUT2D eigenvalue weighted by Gasteiger charge is 2.43. The normalized spacial score (nSPS) is 21.2. The second-order valence-corrected chi connectivity index (χ2v) is 8.61. The number of amides is 3. The Hall–Kier alpha value is -3.19. The van der Waals surface area contributed by atoms with Crippen molar-refractivity contribution in [2.24, 2.45) is 17.6 Å². The molecule has 0 bridgehead atoms. The highest BCUT2D eigenvalue weighted by atomic mass is 16.2. The smallest absolute Gasteiger partial charge is 0.309 e. The molecule has 2 aliphatic heterocycles. The predicted molar refractivity (Wildman–Crippen MR) is 121 cm³/mol. The molecular weight excluding hydrogens is 404 g/mol. The van der Waals surface area contributed by atoms with E-state index in [4.69, 9.17) is 5.73 Å². The molecular formula is C25H29N4O3. The van der Waals surface area contributed by atoms with Crippen LogP contribution in [0.4, 0.5) is 0 Å². The number of fused-ring (bicyclic) bond motifs is 1. The second kappa shape index (κ2) is 9.96. The number of carbonyl (C=O) groups is 3. The minimum absolute atomic E-state index is 0.191. The summed E-state index contributed by atoms with van der Waals surface area (Å²) in [6, 6.07) is 18.4. The maximum atomic E-state index is 13.3. The van der Waals surface area contributed by atoms with Crippen molar-refractivity contribution in [3.63, 3.8) is 0 Å². The molecule has 2 aliphatic rings. The molecule has 2 aromatic rings. The van der Waals surface area contributed by atoms with E-state index in [0.29, 0.717) is 30.5 Å². The van der Waals surface area contributed by atoms with E-state index >= 15 is 0 Å². The van der Waals surface area contributed by atoms with E-state index in [1.165, 1.54) is 5.56 Å². The monoisotopic (exact) mass is 433 g/mol. The molecule has 3 N–H and O–H groups in total. The molecule has 2 unspecified atom stereocenters. The summed E-state index contributed by atoms with van der Waals surface area (Å²) in [4.78, 5) is 40.8. The molecule has 3 atom stereocenters. The van der Waals surface area contributed by atoms with Gasteiger partial charge >= 0.3 is 11.8 Å². The Morgan fingerprint density at radius 2 is 1.53 bits per heavy atom. The largest absolute Gasteiger partial charge is 0.361 e. The maximum absolute atomic E-state index is 13.3. The first-order chi connectivity index (χ1) is 15.5. The molecule has 4 rings (SSSR count). The standard InChI is InChI=1S/C25H29N4O3/c26-23(30)24(31)27-22(19-11-5-2-6-12-19)25(32)29-16-20-14-28(15-21(20)17-29)13-7-10-18-8-3-1-4-9-18/h1-6,8-12,20-22H,7,13-17H2,(H2,26,30)(H,27,31)/t20?,21?,22-/m0/s1. The van der Waals surface area contributed by atoms with Crippen LogP contribution >= 0.6 is 0 Å². The number of rotatable bonds is 7. The van der Waals surface area contributed by atoms with Gasteiger partial charge in [0.25, 0.3) is 0 Å². The first kappa shape index (κ1) is 22.0. The number of primary amides is 1. The van der Waals surface area contributed by atoms with Gasteiger partial charge in [-0.2, -0.15) is 0 Å². The summed E-state index contributed by atoms with van der Waals surface area (Å²) in [5, 5.41) is 2.51. The van der Waals surface area contributed by atoms with E-state index < -0.39 is 17.9 Å². The summed E-state index contributed by atoms with van der Waals surface area (Å²) in [6.45, 7) is 4.29. The topological polar surface area (TPSA) is 95.7 Å². The lowest BCUT2D eigenvalue weighted by molar-refractivity contribution is -0.141. The average Bonchev–Trinajstić information content (AvgIpc) is 3.37. The van der Waals surface area contributed by atoms with Crippen LogP contribution in [-0.4, -0.2) is 60.2 Å². The van der Waals surface area contributed by atoms with E-state index in [2.05, 4.69) is 28.8 Å². The minimum Gasteiger partial charge on any atom is -0.361 e. The van der Waals surface area contributed by atoms with E-state index in [0.717, 1.165) is 26.1 Å². The molecule has 7 heteroatoms. The first-order valence-corrected chi connectivity index (χ1v) is 11.1. The van der Waals surface area contributed by atoms with Gasteiger partial charge in [0.05, 0.1) is 0 Å². The predicted octanol–water partition coefficient (Wildman–Crippen LogP) is 1.36. The molecule has 2 aromatic carbocycles. The van der Waals surface area contributed by atoms with Crippen molar-refractivity contribution < 1.29 is 14.4 Å². The Labute approximate surface area is 188 Å². The number of benzene rings is 2. The summed E-state index contributed by atoms with van der Waals surface area (Å²) >= 11 is 0. The van der Waals surface area contributed by atoms with E-state index in [1.807, 2.05) is 29.2 Å². The Balaban J connectivity index is 1.32. The Bertz CT molecular complexity index is 936. The zero-order valence-electron chi connectivity index (χ0n) is 18.0. The lowest BCUT2D eigenvalue weighted by Gasteiger charge is -2.26. The molecule has 3 amide bonds. The number of carbonyl (C=O) groups excluding carboxylic acids is 3. The van der Waals surface area contributed by atoms with Crippen LogP contribution in [0, 0.1) is 18.3 Å². The summed E-state index contributed by atoms with van der Waals surface area (Å²) in [5.74, 6) is -1.38. The van der Waals surface area contributed by atoms with Gasteiger partial charge in [0.2, 0.25) is 5.91 Å². The zero-order chi connectivity index (χ0) is 22.5. The molecule has 0 aliphatic carbocycles. The molecule has 2 heterocycles. The Morgan fingerprint density at radius 1 is 0.938 bits per heavy atom. The van der Waals surface area contributed by atoms with Gasteiger partial charge in [-0.25, -0.2) is 0 Å². The van der Waals surface area contributed by atoms with Gasteiger partial charge in [-0.15, -0.1) is 0 Å². The third-order valence-corrected chi connectivity index (χ3v) is 6.38. The lowest BCUT2D eigenvalue weighted by atomic mass is 10.0. The lowest BCUT2D eigenvalue weighted by Crippen LogP contribution is -2.46. The van der Waals surface area contributed by atoms with Crippen LogP contribution in [0.2, 0.25) is 0 Å². The zero-order valence-corrected chi connectivity index (χ0v) is 18.0. The minimum atomic E-state index is -1.10. The van der Waals surface area contributed by atoms with Crippen LogP contribution < -0.4 is 11.1 Å². The maximum Gasteiger partial charge on any atom is 0.309 e. The van der Waals surface area contributed by atoms with Crippen LogP contribution in [0.15, 0.2) is 60.7 Å². The van der Waals surface area contributed by atoms with Crippen LogP contribution in [0.1, 0.15) is 23.6 Å². The van der Waals surface area contributed by atoms with Gasteiger partial charge in [-0.3, -0.25) is 14.4 Å². The van der Waals surface area contributed by atoms with E-state index in [9.17, 15) is 14.4 Å². The fourth-order valence-electron chi connectivity index (χ4n) is 4.77. The third-order valence-electron chi connectivity index (χ3n) is 6.38. The fourth-order valence-corrected chi connectivity index (χ4v) is 4.77. The van der Waals surface area contributed by atoms with Gasteiger partial charge in [-0.1, -0.05) is 60.7 Å².